The standard InChI is InChI=1S/C18H25N5O/c1-12-10-16(24-21-12)11-22-6-8-23(9-7-22)18-13(2)14(3)19-17(20-18)15-4-5-15/h10,15H,4-9,11H2,1-3H3. The van der Waals surface area contributed by atoms with E-state index >= 15 is 0 Å². The zero-order chi connectivity index (χ0) is 16.7. The van der Waals surface area contributed by atoms with E-state index in [9.17, 15) is 0 Å². The van der Waals surface area contributed by atoms with Crippen LogP contribution in [0.1, 0.15) is 47.3 Å². The Morgan fingerprint density at radius 1 is 1.08 bits per heavy atom. The summed E-state index contributed by atoms with van der Waals surface area (Å²) in [5.41, 5.74) is 3.29. The van der Waals surface area contributed by atoms with E-state index in [1.54, 1.807) is 0 Å². The molecule has 1 aliphatic heterocycles. The third kappa shape index (κ3) is 3.15. The minimum absolute atomic E-state index is 0.596. The van der Waals surface area contributed by atoms with Crippen LogP contribution in [-0.2, 0) is 6.54 Å². The summed E-state index contributed by atoms with van der Waals surface area (Å²) < 4.78 is 5.34. The highest BCUT2D eigenvalue weighted by Gasteiger charge is 2.29. The Morgan fingerprint density at radius 2 is 1.83 bits per heavy atom. The van der Waals surface area contributed by atoms with Crippen molar-refractivity contribution in [3.8, 4) is 0 Å². The fraction of sp³-hybridized carbons (Fsp3) is 0.611. The first kappa shape index (κ1) is 15.6. The van der Waals surface area contributed by atoms with Crippen LogP contribution in [0.25, 0.3) is 0 Å². The first-order valence-electron chi connectivity index (χ1n) is 8.85. The molecule has 1 saturated heterocycles. The van der Waals surface area contributed by atoms with E-state index in [0.717, 1.165) is 61.5 Å². The second-order valence-corrected chi connectivity index (χ2v) is 7.09. The SMILES string of the molecule is Cc1cc(CN2CCN(c3nc(C4CC4)nc(C)c3C)CC2)on1. The molecule has 2 aliphatic rings. The van der Waals surface area contributed by atoms with Gasteiger partial charge in [0.25, 0.3) is 0 Å². The highest BCUT2D eigenvalue weighted by atomic mass is 16.5. The summed E-state index contributed by atoms with van der Waals surface area (Å²) in [6, 6.07) is 2.02. The van der Waals surface area contributed by atoms with Crippen LogP contribution in [0.5, 0.6) is 0 Å². The van der Waals surface area contributed by atoms with Gasteiger partial charge in [0.15, 0.2) is 5.76 Å². The van der Waals surface area contributed by atoms with E-state index in [-0.39, 0.29) is 0 Å². The van der Waals surface area contributed by atoms with E-state index in [4.69, 9.17) is 14.5 Å². The van der Waals surface area contributed by atoms with Crippen molar-refractivity contribution in [1.29, 1.82) is 0 Å². The number of aromatic nitrogens is 3. The summed E-state index contributed by atoms with van der Waals surface area (Å²) in [5.74, 6) is 3.73. The molecule has 0 spiro atoms. The van der Waals surface area contributed by atoms with Gasteiger partial charge in [-0.2, -0.15) is 0 Å². The predicted molar refractivity (Wildman–Crippen MR) is 92.2 cm³/mol. The van der Waals surface area contributed by atoms with Crippen molar-refractivity contribution in [2.24, 2.45) is 0 Å². The van der Waals surface area contributed by atoms with Gasteiger partial charge in [-0.25, -0.2) is 9.97 Å². The van der Waals surface area contributed by atoms with Crippen molar-refractivity contribution >= 4 is 5.82 Å². The maximum atomic E-state index is 5.34. The van der Waals surface area contributed by atoms with E-state index in [1.165, 1.54) is 18.4 Å². The molecule has 3 heterocycles. The number of nitrogens with zero attached hydrogens (tertiary/aromatic N) is 5. The molecule has 2 fully saturated rings. The van der Waals surface area contributed by atoms with Gasteiger partial charge in [0.2, 0.25) is 0 Å². The lowest BCUT2D eigenvalue weighted by Crippen LogP contribution is -2.46. The highest BCUT2D eigenvalue weighted by molar-refractivity contribution is 5.49. The normalized spacial score (nSPS) is 19.0. The van der Waals surface area contributed by atoms with E-state index in [0.29, 0.717) is 5.92 Å². The van der Waals surface area contributed by atoms with Crippen LogP contribution in [0.4, 0.5) is 5.82 Å². The summed E-state index contributed by atoms with van der Waals surface area (Å²) in [6.45, 7) is 11.1. The first-order chi connectivity index (χ1) is 11.6. The number of piperazine rings is 1. The van der Waals surface area contributed by atoms with Crippen LogP contribution in [0.2, 0.25) is 0 Å². The fourth-order valence-corrected chi connectivity index (χ4v) is 3.30. The van der Waals surface area contributed by atoms with Crippen LogP contribution in [0.3, 0.4) is 0 Å². The predicted octanol–water partition coefficient (Wildman–Crippen LogP) is 2.59. The molecule has 1 saturated carbocycles. The molecular weight excluding hydrogens is 302 g/mol. The molecule has 0 bridgehead atoms. The van der Waals surface area contributed by atoms with Crippen LogP contribution in [-0.4, -0.2) is 46.2 Å². The highest BCUT2D eigenvalue weighted by Crippen LogP contribution is 2.39. The molecular formula is C18H25N5O. The second kappa shape index (κ2) is 6.16. The maximum Gasteiger partial charge on any atom is 0.150 e. The first-order valence-corrected chi connectivity index (χ1v) is 8.85. The van der Waals surface area contributed by atoms with Gasteiger partial charge < -0.3 is 9.42 Å². The summed E-state index contributed by atoms with van der Waals surface area (Å²) in [6.07, 6.45) is 2.48. The molecule has 6 heteroatoms. The Bertz CT molecular complexity index is 729. The molecule has 128 valence electrons. The molecule has 4 rings (SSSR count). The third-order valence-corrected chi connectivity index (χ3v) is 5.05. The number of anilines is 1. The topological polar surface area (TPSA) is 58.3 Å². The molecule has 0 atom stereocenters. The number of hydrogen-bond donors (Lipinski definition) is 0. The van der Waals surface area contributed by atoms with Crippen LogP contribution in [0.15, 0.2) is 10.6 Å². The van der Waals surface area contributed by atoms with Gasteiger partial charge in [-0.05, 0) is 33.6 Å². The summed E-state index contributed by atoms with van der Waals surface area (Å²) in [7, 11) is 0. The molecule has 0 amide bonds. The monoisotopic (exact) mass is 327 g/mol. The number of hydrogen-bond acceptors (Lipinski definition) is 6. The average Bonchev–Trinajstić information content (AvgIpc) is 3.34. The lowest BCUT2D eigenvalue weighted by Gasteiger charge is -2.35. The Kier molecular flexibility index (Phi) is 4.00. The largest absolute Gasteiger partial charge is 0.360 e. The van der Waals surface area contributed by atoms with Crippen molar-refractivity contribution in [2.45, 2.75) is 46.1 Å². The van der Waals surface area contributed by atoms with Crippen molar-refractivity contribution in [2.75, 3.05) is 31.1 Å². The molecule has 24 heavy (non-hydrogen) atoms. The molecule has 2 aromatic heterocycles. The fourth-order valence-electron chi connectivity index (χ4n) is 3.30. The van der Waals surface area contributed by atoms with Gasteiger partial charge in [0.1, 0.15) is 11.6 Å². The molecule has 2 aromatic rings. The lowest BCUT2D eigenvalue weighted by molar-refractivity contribution is 0.219. The maximum absolute atomic E-state index is 5.34. The van der Waals surface area contributed by atoms with E-state index < -0.39 is 0 Å². The Labute approximate surface area is 142 Å². The van der Waals surface area contributed by atoms with Gasteiger partial charge in [-0.3, -0.25) is 4.90 Å². The van der Waals surface area contributed by atoms with Crippen molar-refractivity contribution in [3.63, 3.8) is 0 Å². The van der Waals surface area contributed by atoms with Gasteiger partial charge in [-0.15, -0.1) is 0 Å². The quantitative estimate of drug-likeness (QED) is 0.860. The molecule has 1 aliphatic carbocycles. The number of rotatable bonds is 4. The zero-order valence-electron chi connectivity index (χ0n) is 14.7. The molecule has 0 unspecified atom stereocenters. The van der Waals surface area contributed by atoms with Crippen molar-refractivity contribution in [1.82, 2.24) is 20.0 Å². The summed E-state index contributed by atoms with van der Waals surface area (Å²) >= 11 is 0. The van der Waals surface area contributed by atoms with Gasteiger partial charge in [-0.1, -0.05) is 5.16 Å². The Morgan fingerprint density at radius 3 is 2.46 bits per heavy atom. The summed E-state index contributed by atoms with van der Waals surface area (Å²) in [5, 5.41) is 3.97. The second-order valence-electron chi connectivity index (χ2n) is 7.09. The van der Waals surface area contributed by atoms with E-state index in [2.05, 4.69) is 28.8 Å². The average molecular weight is 327 g/mol. The Hall–Kier alpha value is -1.95. The smallest absolute Gasteiger partial charge is 0.150 e. The molecule has 0 radical (unpaired) electrons. The van der Waals surface area contributed by atoms with Gasteiger partial charge in [0, 0.05) is 49.4 Å². The summed E-state index contributed by atoms with van der Waals surface area (Å²) in [4.78, 5) is 14.4. The molecule has 0 N–H and O–H groups in total. The zero-order valence-corrected chi connectivity index (χ0v) is 14.7. The van der Waals surface area contributed by atoms with Crippen LogP contribution >= 0.6 is 0 Å². The minimum atomic E-state index is 0.596. The molecule has 6 nitrogen and oxygen atoms in total. The Balaban J connectivity index is 1.44. The van der Waals surface area contributed by atoms with Gasteiger partial charge in [0.05, 0.1) is 12.2 Å². The lowest BCUT2D eigenvalue weighted by atomic mass is 10.2. The van der Waals surface area contributed by atoms with Crippen LogP contribution in [0, 0.1) is 20.8 Å². The number of aryl methyl sites for hydroxylation is 2. The van der Waals surface area contributed by atoms with Crippen LogP contribution < -0.4 is 4.90 Å². The minimum Gasteiger partial charge on any atom is -0.360 e. The van der Waals surface area contributed by atoms with Crippen molar-refractivity contribution in [3.05, 3.63) is 34.6 Å². The third-order valence-electron chi connectivity index (χ3n) is 5.05. The van der Waals surface area contributed by atoms with E-state index in [1.807, 2.05) is 13.0 Å². The van der Waals surface area contributed by atoms with Gasteiger partial charge >= 0.3 is 0 Å². The molecule has 0 aromatic carbocycles. The van der Waals surface area contributed by atoms with Crippen molar-refractivity contribution < 1.29 is 4.52 Å².